The van der Waals surface area contributed by atoms with E-state index in [1.807, 2.05) is 4.90 Å². The summed E-state index contributed by atoms with van der Waals surface area (Å²) in [5, 5.41) is 9.96. The predicted molar refractivity (Wildman–Crippen MR) is 93.9 cm³/mol. The highest BCUT2D eigenvalue weighted by Crippen LogP contribution is 2.42. The summed E-state index contributed by atoms with van der Waals surface area (Å²) in [6.45, 7) is 1.70. The molecule has 1 aliphatic rings. The van der Waals surface area contributed by atoms with Crippen molar-refractivity contribution in [3.8, 4) is 11.5 Å². The van der Waals surface area contributed by atoms with Gasteiger partial charge in [0.25, 0.3) is 0 Å². The zero-order chi connectivity index (χ0) is 18.1. The molecule has 0 aliphatic carbocycles. The fraction of sp³-hybridized carbons (Fsp3) is 0.400. The third-order valence-electron chi connectivity index (χ3n) is 4.11. The first-order chi connectivity index (χ1) is 12.0. The minimum Gasteiger partial charge on any atom is -0.491 e. The number of hydrogen-bond acceptors (Lipinski definition) is 7. The number of amides is 1. The third-order valence-corrected chi connectivity index (χ3v) is 4.39. The summed E-state index contributed by atoms with van der Waals surface area (Å²) in [6.07, 6.45) is -0.931. The lowest BCUT2D eigenvalue weighted by molar-refractivity contribution is 0.142. The number of carbonyl (C=O) groups is 1. The number of piperazine rings is 1. The molecule has 2 aromatic rings. The number of fused-ring (bicyclic) bond motifs is 1. The molecule has 3 N–H and O–H groups in total. The van der Waals surface area contributed by atoms with Gasteiger partial charge in [-0.1, -0.05) is 11.6 Å². The number of nitrogens with zero attached hydrogens (tertiary/aromatic N) is 4. The summed E-state index contributed by atoms with van der Waals surface area (Å²) >= 11 is 6.21. The molecule has 1 amide bonds. The van der Waals surface area contributed by atoms with Crippen molar-refractivity contribution in [2.75, 3.05) is 51.0 Å². The summed E-state index contributed by atoms with van der Waals surface area (Å²) in [7, 11) is 2.99. The molecule has 1 aromatic carbocycles. The molecule has 1 fully saturated rings. The zero-order valence-electron chi connectivity index (χ0n) is 13.8. The first kappa shape index (κ1) is 17.2. The van der Waals surface area contributed by atoms with Gasteiger partial charge in [0.2, 0.25) is 5.95 Å². The summed E-state index contributed by atoms with van der Waals surface area (Å²) in [5.74, 6) is 1.43. The molecule has 2 heterocycles. The molecular formula is C15H18ClN5O4. The van der Waals surface area contributed by atoms with Gasteiger partial charge in [-0.25, -0.2) is 9.78 Å². The highest BCUT2D eigenvalue weighted by Gasteiger charge is 2.24. The van der Waals surface area contributed by atoms with Crippen LogP contribution < -0.4 is 20.1 Å². The van der Waals surface area contributed by atoms with Crippen LogP contribution >= 0.6 is 11.6 Å². The van der Waals surface area contributed by atoms with Crippen LogP contribution in [0.5, 0.6) is 11.5 Å². The standard InChI is InChI=1S/C15H18ClN5O4/c1-24-11-9(16)7-8-10(12(11)25-2)18-14(19-13(8)17)20-3-5-21(6-4-20)15(22)23/h7H,3-6H2,1-2H3,(H,22,23)(H2,17,18,19). The second kappa shape index (κ2) is 6.67. The SMILES string of the molecule is COc1c(Cl)cc2c(N)nc(N3CCN(C(=O)O)CC3)nc2c1OC. The Morgan fingerprint density at radius 3 is 2.40 bits per heavy atom. The van der Waals surface area contributed by atoms with E-state index in [0.717, 1.165) is 0 Å². The van der Waals surface area contributed by atoms with Gasteiger partial charge in [0.15, 0.2) is 11.5 Å². The van der Waals surface area contributed by atoms with E-state index in [-0.39, 0.29) is 5.82 Å². The van der Waals surface area contributed by atoms with E-state index in [0.29, 0.717) is 59.6 Å². The Hall–Kier alpha value is -2.68. The van der Waals surface area contributed by atoms with Crippen LogP contribution in [-0.2, 0) is 0 Å². The van der Waals surface area contributed by atoms with E-state index in [2.05, 4.69) is 9.97 Å². The molecule has 3 rings (SSSR count). The molecule has 1 saturated heterocycles. The minimum absolute atomic E-state index is 0.267. The van der Waals surface area contributed by atoms with Crippen molar-refractivity contribution in [3.63, 3.8) is 0 Å². The van der Waals surface area contributed by atoms with E-state index in [9.17, 15) is 4.79 Å². The quantitative estimate of drug-likeness (QED) is 0.842. The number of nitrogens with two attached hydrogens (primary N) is 1. The number of ether oxygens (including phenoxy) is 2. The zero-order valence-corrected chi connectivity index (χ0v) is 14.6. The van der Waals surface area contributed by atoms with Crippen molar-refractivity contribution in [3.05, 3.63) is 11.1 Å². The number of nitrogen functional groups attached to an aromatic ring is 1. The number of rotatable bonds is 3. The van der Waals surface area contributed by atoms with Crippen molar-refractivity contribution >= 4 is 40.4 Å². The highest BCUT2D eigenvalue weighted by atomic mass is 35.5. The molecular weight excluding hydrogens is 350 g/mol. The number of hydrogen-bond donors (Lipinski definition) is 2. The monoisotopic (exact) mass is 367 g/mol. The molecule has 9 nitrogen and oxygen atoms in total. The maximum Gasteiger partial charge on any atom is 0.407 e. The topological polar surface area (TPSA) is 114 Å². The molecule has 0 bridgehead atoms. The molecule has 25 heavy (non-hydrogen) atoms. The summed E-state index contributed by atoms with van der Waals surface area (Å²) in [5.41, 5.74) is 6.58. The average molecular weight is 368 g/mol. The molecule has 0 saturated carbocycles. The second-order valence-corrected chi connectivity index (χ2v) is 5.89. The van der Waals surface area contributed by atoms with Gasteiger partial charge in [-0.2, -0.15) is 4.98 Å². The maximum absolute atomic E-state index is 11.0. The van der Waals surface area contributed by atoms with Crippen molar-refractivity contribution < 1.29 is 19.4 Å². The van der Waals surface area contributed by atoms with Gasteiger partial charge in [-0.05, 0) is 6.07 Å². The lowest BCUT2D eigenvalue weighted by atomic mass is 10.2. The molecule has 0 unspecified atom stereocenters. The lowest BCUT2D eigenvalue weighted by Crippen LogP contribution is -2.48. The number of halogens is 1. The fourth-order valence-electron chi connectivity index (χ4n) is 2.82. The smallest absolute Gasteiger partial charge is 0.407 e. The van der Waals surface area contributed by atoms with E-state index >= 15 is 0 Å². The first-order valence-corrected chi connectivity index (χ1v) is 7.94. The fourth-order valence-corrected chi connectivity index (χ4v) is 3.09. The average Bonchev–Trinajstić information content (AvgIpc) is 2.61. The van der Waals surface area contributed by atoms with Crippen LogP contribution in [0.2, 0.25) is 5.02 Å². The van der Waals surface area contributed by atoms with Gasteiger partial charge >= 0.3 is 6.09 Å². The Kier molecular flexibility index (Phi) is 4.58. The normalized spacial score (nSPS) is 14.7. The largest absolute Gasteiger partial charge is 0.491 e. The van der Waals surface area contributed by atoms with Crippen LogP contribution in [0, 0.1) is 0 Å². The summed E-state index contributed by atoms with van der Waals surface area (Å²) < 4.78 is 10.7. The molecule has 1 aliphatic heterocycles. The van der Waals surface area contributed by atoms with Gasteiger partial charge in [-0.3, -0.25) is 0 Å². The molecule has 0 radical (unpaired) electrons. The van der Waals surface area contributed by atoms with Crippen LogP contribution in [0.4, 0.5) is 16.6 Å². The maximum atomic E-state index is 11.0. The Balaban J connectivity index is 2.04. The predicted octanol–water partition coefficient (Wildman–Crippen LogP) is 1.68. The molecule has 0 atom stereocenters. The van der Waals surface area contributed by atoms with Crippen LogP contribution in [0.1, 0.15) is 0 Å². The van der Waals surface area contributed by atoms with Crippen molar-refractivity contribution in [2.24, 2.45) is 0 Å². The van der Waals surface area contributed by atoms with E-state index < -0.39 is 6.09 Å². The first-order valence-electron chi connectivity index (χ1n) is 7.56. The van der Waals surface area contributed by atoms with Gasteiger partial charge < -0.3 is 30.1 Å². The van der Waals surface area contributed by atoms with E-state index in [1.54, 1.807) is 6.07 Å². The third kappa shape index (κ3) is 3.02. The Labute approximate surface area is 148 Å². The lowest BCUT2D eigenvalue weighted by Gasteiger charge is -2.33. The van der Waals surface area contributed by atoms with E-state index in [1.165, 1.54) is 19.1 Å². The Morgan fingerprint density at radius 1 is 1.20 bits per heavy atom. The van der Waals surface area contributed by atoms with Gasteiger partial charge in [-0.15, -0.1) is 0 Å². The number of anilines is 2. The van der Waals surface area contributed by atoms with Gasteiger partial charge in [0.1, 0.15) is 11.3 Å². The van der Waals surface area contributed by atoms with Gasteiger partial charge in [0, 0.05) is 31.6 Å². The van der Waals surface area contributed by atoms with Crippen LogP contribution in [0.15, 0.2) is 6.07 Å². The van der Waals surface area contributed by atoms with Crippen molar-refractivity contribution in [1.82, 2.24) is 14.9 Å². The van der Waals surface area contributed by atoms with Gasteiger partial charge in [0.05, 0.1) is 19.2 Å². The Morgan fingerprint density at radius 2 is 1.84 bits per heavy atom. The molecule has 134 valence electrons. The van der Waals surface area contributed by atoms with E-state index in [4.69, 9.17) is 31.9 Å². The van der Waals surface area contributed by atoms with Crippen LogP contribution in [-0.4, -0.2) is 66.5 Å². The number of aromatic nitrogens is 2. The number of benzene rings is 1. The minimum atomic E-state index is -0.931. The summed E-state index contributed by atoms with van der Waals surface area (Å²) in [4.78, 5) is 23.2. The van der Waals surface area contributed by atoms with Crippen molar-refractivity contribution in [1.29, 1.82) is 0 Å². The number of carboxylic acid groups (broad SMARTS) is 1. The number of methoxy groups -OCH3 is 2. The highest BCUT2D eigenvalue weighted by molar-refractivity contribution is 6.33. The Bertz CT molecular complexity index is 823. The van der Waals surface area contributed by atoms with Crippen LogP contribution in [0.25, 0.3) is 10.9 Å². The molecule has 10 heteroatoms. The van der Waals surface area contributed by atoms with Crippen LogP contribution in [0.3, 0.4) is 0 Å². The van der Waals surface area contributed by atoms with Crippen molar-refractivity contribution in [2.45, 2.75) is 0 Å². The summed E-state index contributed by atoms with van der Waals surface area (Å²) in [6, 6.07) is 1.64. The molecule has 0 spiro atoms. The second-order valence-electron chi connectivity index (χ2n) is 5.49. The molecule has 1 aromatic heterocycles.